The summed E-state index contributed by atoms with van der Waals surface area (Å²) >= 11 is 0. The van der Waals surface area contributed by atoms with Crippen LogP contribution in [0.1, 0.15) is 52.8 Å². The summed E-state index contributed by atoms with van der Waals surface area (Å²) in [5, 5.41) is 0. The number of ether oxygens (including phenoxy) is 1. The topological polar surface area (TPSA) is 87.2 Å². The molecule has 8 heteroatoms. The molecule has 0 spiro atoms. The van der Waals surface area contributed by atoms with Crippen molar-refractivity contribution in [2.75, 3.05) is 39.3 Å². The van der Waals surface area contributed by atoms with Gasteiger partial charge in [0.05, 0.1) is 11.1 Å². The third-order valence-electron chi connectivity index (χ3n) is 6.02. The van der Waals surface area contributed by atoms with Crippen molar-refractivity contribution in [3.8, 4) is 0 Å². The van der Waals surface area contributed by atoms with E-state index in [1.165, 1.54) is 4.90 Å². The maximum absolute atomic E-state index is 12.6. The van der Waals surface area contributed by atoms with E-state index < -0.39 is 0 Å². The SMILES string of the molecule is O=C(CCCN1C(=O)c2ccccc2C1=O)N1CCCN(C(=O)C2CCCO2)CC1. The first-order valence-electron chi connectivity index (χ1n) is 10.7. The second-order valence-electron chi connectivity index (χ2n) is 7.97. The lowest BCUT2D eigenvalue weighted by Gasteiger charge is -2.24. The summed E-state index contributed by atoms with van der Waals surface area (Å²) in [7, 11) is 0. The molecule has 4 rings (SSSR count). The van der Waals surface area contributed by atoms with E-state index in [0.717, 1.165) is 19.3 Å². The van der Waals surface area contributed by atoms with Crippen LogP contribution in [-0.2, 0) is 14.3 Å². The minimum Gasteiger partial charge on any atom is -0.368 e. The van der Waals surface area contributed by atoms with Crippen LogP contribution in [0.2, 0.25) is 0 Å². The lowest BCUT2D eigenvalue weighted by molar-refractivity contribution is -0.141. The van der Waals surface area contributed by atoms with Gasteiger partial charge < -0.3 is 14.5 Å². The Morgan fingerprint density at radius 3 is 2.27 bits per heavy atom. The summed E-state index contributed by atoms with van der Waals surface area (Å²) < 4.78 is 5.49. The van der Waals surface area contributed by atoms with E-state index in [4.69, 9.17) is 4.74 Å². The molecule has 3 aliphatic rings. The van der Waals surface area contributed by atoms with Crippen LogP contribution in [0, 0.1) is 0 Å². The molecule has 2 fully saturated rings. The number of hydrogen-bond acceptors (Lipinski definition) is 5. The maximum atomic E-state index is 12.6. The highest BCUT2D eigenvalue weighted by atomic mass is 16.5. The van der Waals surface area contributed by atoms with E-state index in [2.05, 4.69) is 0 Å². The molecule has 0 bridgehead atoms. The van der Waals surface area contributed by atoms with Crippen LogP contribution >= 0.6 is 0 Å². The van der Waals surface area contributed by atoms with Crippen LogP contribution in [0.25, 0.3) is 0 Å². The average molecular weight is 413 g/mol. The van der Waals surface area contributed by atoms with Gasteiger partial charge in [-0.15, -0.1) is 0 Å². The highest BCUT2D eigenvalue weighted by Gasteiger charge is 2.35. The molecule has 30 heavy (non-hydrogen) atoms. The first-order valence-corrected chi connectivity index (χ1v) is 10.7. The second-order valence-corrected chi connectivity index (χ2v) is 7.97. The maximum Gasteiger partial charge on any atom is 0.261 e. The molecule has 1 aromatic rings. The lowest BCUT2D eigenvalue weighted by atomic mass is 10.1. The number of fused-ring (bicyclic) bond motifs is 1. The van der Waals surface area contributed by atoms with Crippen molar-refractivity contribution < 1.29 is 23.9 Å². The number of rotatable bonds is 5. The normalized spacial score (nSPS) is 21.7. The van der Waals surface area contributed by atoms with E-state index >= 15 is 0 Å². The molecule has 3 aliphatic heterocycles. The smallest absolute Gasteiger partial charge is 0.261 e. The standard InChI is InChI=1S/C22H27N3O5/c26-19(9-3-12-25-20(27)16-6-1-2-7-17(16)21(25)28)23-10-5-11-24(14-13-23)22(29)18-8-4-15-30-18/h1-2,6-7,18H,3-5,8-15H2. The fraction of sp³-hybridized carbons (Fsp3) is 0.545. The number of hydrogen-bond donors (Lipinski definition) is 0. The van der Waals surface area contributed by atoms with E-state index in [-0.39, 0.29) is 42.7 Å². The quantitative estimate of drug-likeness (QED) is 0.679. The third-order valence-corrected chi connectivity index (χ3v) is 6.02. The van der Waals surface area contributed by atoms with Gasteiger partial charge in [0.15, 0.2) is 0 Å². The molecule has 2 saturated heterocycles. The Kier molecular flexibility index (Phi) is 6.13. The molecular formula is C22H27N3O5. The van der Waals surface area contributed by atoms with Crippen LogP contribution in [0.3, 0.4) is 0 Å². The summed E-state index contributed by atoms with van der Waals surface area (Å²) in [5.74, 6) is -0.548. The van der Waals surface area contributed by atoms with E-state index in [1.807, 2.05) is 4.90 Å². The van der Waals surface area contributed by atoms with Gasteiger partial charge in [-0.2, -0.15) is 0 Å². The monoisotopic (exact) mass is 413 g/mol. The summed E-state index contributed by atoms with van der Waals surface area (Å²) in [4.78, 5) is 54.8. The summed E-state index contributed by atoms with van der Waals surface area (Å²) in [6.45, 7) is 3.14. The first-order chi connectivity index (χ1) is 14.6. The molecule has 1 unspecified atom stereocenters. The zero-order valence-corrected chi connectivity index (χ0v) is 17.0. The first kappa shape index (κ1) is 20.5. The van der Waals surface area contributed by atoms with Crippen LogP contribution in [0.5, 0.6) is 0 Å². The third kappa shape index (κ3) is 4.09. The van der Waals surface area contributed by atoms with Crippen LogP contribution in [0.4, 0.5) is 0 Å². The van der Waals surface area contributed by atoms with Gasteiger partial charge in [-0.25, -0.2) is 0 Å². The zero-order valence-electron chi connectivity index (χ0n) is 17.0. The molecule has 0 saturated carbocycles. The van der Waals surface area contributed by atoms with Crippen molar-refractivity contribution in [1.29, 1.82) is 0 Å². The van der Waals surface area contributed by atoms with Crippen molar-refractivity contribution in [2.24, 2.45) is 0 Å². The van der Waals surface area contributed by atoms with Crippen molar-refractivity contribution in [3.63, 3.8) is 0 Å². The fourth-order valence-corrected chi connectivity index (χ4v) is 4.35. The number of nitrogens with zero attached hydrogens (tertiary/aromatic N) is 3. The molecule has 8 nitrogen and oxygen atoms in total. The molecule has 160 valence electrons. The van der Waals surface area contributed by atoms with Crippen molar-refractivity contribution in [2.45, 2.75) is 38.2 Å². The molecule has 0 N–H and O–H groups in total. The predicted molar refractivity (Wildman–Crippen MR) is 108 cm³/mol. The van der Waals surface area contributed by atoms with Gasteiger partial charge >= 0.3 is 0 Å². The van der Waals surface area contributed by atoms with E-state index in [0.29, 0.717) is 50.3 Å². The Bertz CT molecular complexity index is 814. The lowest BCUT2D eigenvalue weighted by Crippen LogP contribution is -2.42. The summed E-state index contributed by atoms with van der Waals surface area (Å²) in [6.07, 6.45) is 2.80. The number of amides is 4. The molecule has 3 heterocycles. The van der Waals surface area contributed by atoms with Gasteiger partial charge in [0.25, 0.3) is 17.7 Å². The van der Waals surface area contributed by atoms with Gasteiger partial charge in [-0.05, 0) is 37.8 Å². The van der Waals surface area contributed by atoms with Crippen molar-refractivity contribution in [3.05, 3.63) is 35.4 Å². The Balaban J connectivity index is 1.24. The number of imide groups is 1. The van der Waals surface area contributed by atoms with Crippen molar-refractivity contribution in [1.82, 2.24) is 14.7 Å². The van der Waals surface area contributed by atoms with Crippen molar-refractivity contribution >= 4 is 23.6 Å². The van der Waals surface area contributed by atoms with Gasteiger partial charge in [0.1, 0.15) is 6.10 Å². The molecule has 0 aliphatic carbocycles. The van der Waals surface area contributed by atoms with Crippen LogP contribution in [0.15, 0.2) is 24.3 Å². The number of carbonyl (C=O) groups is 4. The van der Waals surface area contributed by atoms with Gasteiger partial charge in [-0.1, -0.05) is 12.1 Å². The highest BCUT2D eigenvalue weighted by molar-refractivity contribution is 6.21. The average Bonchev–Trinajstić information content (AvgIpc) is 3.29. The van der Waals surface area contributed by atoms with E-state index in [1.54, 1.807) is 29.2 Å². The molecular weight excluding hydrogens is 386 g/mol. The minimum atomic E-state index is -0.327. The molecule has 1 atom stereocenters. The van der Waals surface area contributed by atoms with Gasteiger partial charge in [0.2, 0.25) is 5.91 Å². The Morgan fingerprint density at radius 1 is 0.933 bits per heavy atom. The zero-order chi connectivity index (χ0) is 21.1. The summed E-state index contributed by atoms with van der Waals surface area (Å²) in [6, 6.07) is 6.79. The number of benzene rings is 1. The predicted octanol–water partition coefficient (Wildman–Crippen LogP) is 1.30. The largest absolute Gasteiger partial charge is 0.368 e. The van der Waals surface area contributed by atoms with Gasteiger partial charge in [-0.3, -0.25) is 24.1 Å². The van der Waals surface area contributed by atoms with Crippen LogP contribution in [-0.4, -0.2) is 83.8 Å². The molecule has 1 aromatic carbocycles. The summed E-state index contributed by atoms with van der Waals surface area (Å²) in [5.41, 5.74) is 0.856. The van der Waals surface area contributed by atoms with Crippen LogP contribution < -0.4 is 0 Å². The Labute approximate surface area is 175 Å². The minimum absolute atomic E-state index is 0.00183. The molecule has 4 amide bonds. The Hall–Kier alpha value is -2.74. The highest BCUT2D eigenvalue weighted by Crippen LogP contribution is 2.23. The van der Waals surface area contributed by atoms with E-state index in [9.17, 15) is 19.2 Å². The van der Waals surface area contributed by atoms with Gasteiger partial charge in [0, 0.05) is 45.8 Å². The second kappa shape index (κ2) is 8.95. The Morgan fingerprint density at radius 2 is 1.60 bits per heavy atom. The number of carbonyl (C=O) groups excluding carboxylic acids is 4. The molecule has 0 radical (unpaired) electrons. The molecule has 0 aromatic heterocycles. The fourth-order valence-electron chi connectivity index (χ4n) is 4.35.